The van der Waals surface area contributed by atoms with Crippen molar-refractivity contribution in [1.82, 2.24) is 4.72 Å². The maximum absolute atomic E-state index is 11.6. The summed E-state index contributed by atoms with van der Waals surface area (Å²) in [4.78, 5) is -0.00963. The predicted octanol–water partition coefficient (Wildman–Crippen LogP) is 0.692. The van der Waals surface area contributed by atoms with Crippen LogP contribution in [0.4, 0.5) is 0 Å². The van der Waals surface area contributed by atoms with E-state index in [1.807, 2.05) is 0 Å². The zero-order valence-corrected chi connectivity index (χ0v) is 8.95. The number of nitrogens with one attached hydrogen (secondary N) is 1. The van der Waals surface area contributed by atoms with Crippen molar-refractivity contribution in [2.24, 2.45) is 0 Å². The fraction of sp³-hybridized carbons (Fsp3) is 0.200. The molecule has 1 atom stereocenters. The number of rotatable bonds is 3. The summed E-state index contributed by atoms with van der Waals surface area (Å²) in [6.45, 7) is 1.56. The van der Waals surface area contributed by atoms with Crippen LogP contribution in [0.5, 0.6) is 5.75 Å². The van der Waals surface area contributed by atoms with E-state index in [9.17, 15) is 8.42 Å². The Morgan fingerprint density at radius 3 is 2.73 bits per heavy atom. The van der Waals surface area contributed by atoms with Crippen LogP contribution in [0.1, 0.15) is 6.92 Å². The summed E-state index contributed by atoms with van der Waals surface area (Å²) >= 11 is 0. The highest BCUT2D eigenvalue weighted by molar-refractivity contribution is 7.89. The normalized spacial score (nSPS) is 13.1. The lowest BCUT2D eigenvalue weighted by atomic mass is 10.3. The Hall–Kier alpha value is -1.51. The summed E-state index contributed by atoms with van der Waals surface area (Å²) in [6.07, 6.45) is 5.06. The molecule has 1 rings (SSSR count). The van der Waals surface area contributed by atoms with Crippen LogP contribution in [-0.2, 0) is 10.0 Å². The molecule has 1 unspecified atom stereocenters. The molecule has 80 valence electrons. The van der Waals surface area contributed by atoms with Gasteiger partial charge in [0, 0.05) is 0 Å². The number of phenolic OH excluding ortho intramolecular Hbond substituents is 1. The first-order valence-corrected chi connectivity index (χ1v) is 5.71. The Labute approximate surface area is 89.0 Å². The van der Waals surface area contributed by atoms with Crippen LogP contribution in [0.25, 0.3) is 0 Å². The maximum Gasteiger partial charge on any atom is 0.241 e. The summed E-state index contributed by atoms with van der Waals surface area (Å²) in [6, 6.07) is 4.79. The molecule has 5 heteroatoms. The van der Waals surface area contributed by atoms with E-state index in [4.69, 9.17) is 11.5 Å². The fourth-order valence-corrected chi connectivity index (χ4v) is 2.19. The van der Waals surface area contributed by atoms with Gasteiger partial charge in [0.15, 0.2) is 0 Å². The molecule has 2 N–H and O–H groups in total. The van der Waals surface area contributed by atoms with E-state index in [2.05, 4.69) is 10.6 Å². The number of sulfonamides is 1. The number of aromatic hydroxyl groups is 1. The van der Waals surface area contributed by atoms with Gasteiger partial charge in [-0.15, -0.1) is 6.42 Å². The highest BCUT2D eigenvalue weighted by Gasteiger charge is 2.16. The Morgan fingerprint density at radius 1 is 1.53 bits per heavy atom. The van der Waals surface area contributed by atoms with Gasteiger partial charge in [-0.3, -0.25) is 0 Å². The third-order valence-electron chi connectivity index (χ3n) is 1.71. The van der Waals surface area contributed by atoms with E-state index in [0.717, 1.165) is 6.07 Å². The molecule has 0 radical (unpaired) electrons. The Balaban J connectivity index is 3.03. The molecular weight excluding hydrogens is 214 g/mol. The van der Waals surface area contributed by atoms with Crippen molar-refractivity contribution < 1.29 is 13.5 Å². The molecule has 0 aliphatic carbocycles. The topological polar surface area (TPSA) is 66.4 Å². The molecule has 0 saturated heterocycles. The fourth-order valence-electron chi connectivity index (χ4n) is 0.985. The summed E-state index contributed by atoms with van der Waals surface area (Å²) in [7, 11) is -3.65. The van der Waals surface area contributed by atoms with Gasteiger partial charge in [0.25, 0.3) is 0 Å². The van der Waals surface area contributed by atoms with E-state index in [-0.39, 0.29) is 10.6 Å². The molecule has 0 amide bonds. The molecule has 15 heavy (non-hydrogen) atoms. The molecule has 0 fully saturated rings. The zero-order valence-electron chi connectivity index (χ0n) is 8.14. The number of phenols is 1. The molecule has 0 aromatic heterocycles. The standard InChI is InChI=1S/C10H11NO3S/c1-3-8(2)11-15(13,14)10-6-4-5-9(12)7-10/h1,4-8,11-12H,2H3. The SMILES string of the molecule is C#CC(C)NS(=O)(=O)c1cccc(O)c1. The number of terminal acetylenes is 1. The van der Waals surface area contributed by atoms with Gasteiger partial charge in [-0.05, 0) is 25.1 Å². The van der Waals surface area contributed by atoms with Gasteiger partial charge in [0.05, 0.1) is 10.9 Å². The minimum Gasteiger partial charge on any atom is -0.508 e. The molecule has 4 nitrogen and oxygen atoms in total. The second-order valence-electron chi connectivity index (χ2n) is 3.01. The van der Waals surface area contributed by atoms with Gasteiger partial charge in [0.1, 0.15) is 5.75 Å². The molecule has 0 spiro atoms. The van der Waals surface area contributed by atoms with Gasteiger partial charge in [-0.2, -0.15) is 4.72 Å². The summed E-state index contributed by atoms with van der Waals surface area (Å²) < 4.78 is 25.5. The minimum atomic E-state index is -3.65. The smallest absolute Gasteiger partial charge is 0.241 e. The highest BCUT2D eigenvalue weighted by atomic mass is 32.2. The van der Waals surface area contributed by atoms with Gasteiger partial charge in [0.2, 0.25) is 10.0 Å². The van der Waals surface area contributed by atoms with Crippen molar-refractivity contribution in [2.75, 3.05) is 0 Å². The molecular formula is C10H11NO3S. The van der Waals surface area contributed by atoms with Crippen molar-refractivity contribution in [3.05, 3.63) is 24.3 Å². The van der Waals surface area contributed by atoms with Gasteiger partial charge in [-0.1, -0.05) is 12.0 Å². The molecule has 1 aromatic carbocycles. The van der Waals surface area contributed by atoms with Gasteiger partial charge in [-0.25, -0.2) is 8.42 Å². The first-order chi connectivity index (χ1) is 6.95. The van der Waals surface area contributed by atoms with Crippen LogP contribution in [0.2, 0.25) is 0 Å². The average molecular weight is 225 g/mol. The monoisotopic (exact) mass is 225 g/mol. The lowest BCUT2D eigenvalue weighted by molar-refractivity contribution is 0.473. The van der Waals surface area contributed by atoms with E-state index >= 15 is 0 Å². The largest absolute Gasteiger partial charge is 0.508 e. The van der Waals surface area contributed by atoms with Crippen LogP contribution in [0.15, 0.2) is 29.2 Å². The molecule has 0 aliphatic rings. The van der Waals surface area contributed by atoms with E-state index in [0.29, 0.717) is 0 Å². The maximum atomic E-state index is 11.6. The van der Waals surface area contributed by atoms with Crippen molar-refractivity contribution in [2.45, 2.75) is 17.9 Å². The Bertz CT molecular complexity index is 488. The Kier molecular flexibility index (Phi) is 3.35. The first kappa shape index (κ1) is 11.6. The van der Waals surface area contributed by atoms with E-state index in [1.165, 1.54) is 18.2 Å². The first-order valence-electron chi connectivity index (χ1n) is 4.23. The number of benzene rings is 1. The Morgan fingerprint density at radius 2 is 2.20 bits per heavy atom. The second kappa shape index (κ2) is 4.34. The predicted molar refractivity (Wildman–Crippen MR) is 56.7 cm³/mol. The van der Waals surface area contributed by atoms with Crippen LogP contribution >= 0.6 is 0 Å². The average Bonchev–Trinajstić information content (AvgIpc) is 2.17. The van der Waals surface area contributed by atoms with Crippen LogP contribution in [0.3, 0.4) is 0 Å². The van der Waals surface area contributed by atoms with Crippen molar-refractivity contribution in [3.63, 3.8) is 0 Å². The minimum absolute atomic E-state index is 0.00963. The van der Waals surface area contributed by atoms with Gasteiger partial charge < -0.3 is 5.11 Å². The van der Waals surface area contributed by atoms with E-state index in [1.54, 1.807) is 6.92 Å². The third kappa shape index (κ3) is 2.98. The molecule has 0 heterocycles. The van der Waals surface area contributed by atoms with Gasteiger partial charge >= 0.3 is 0 Å². The molecule has 0 aliphatic heterocycles. The molecule has 0 saturated carbocycles. The number of hydrogen-bond acceptors (Lipinski definition) is 3. The summed E-state index contributed by atoms with van der Waals surface area (Å²) in [5, 5.41) is 9.14. The lowest BCUT2D eigenvalue weighted by Gasteiger charge is -2.08. The summed E-state index contributed by atoms with van der Waals surface area (Å²) in [5.41, 5.74) is 0. The zero-order chi connectivity index (χ0) is 11.5. The number of hydrogen-bond donors (Lipinski definition) is 2. The third-order valence-corrected chi connectivity index (χ3v) is 3.25. The second-order valence-corrected chi connectivity index (χ2v) is 4.72. The highest BCUT2D eigenvalue weighted by Crippen LogP contribution is 2.15. The molecule has 0 bridgehead atoms. The molecule has 1 aromatic rings. The summed E-state index contributed by atoms with van der Waals surface area (Å²) in [5.74, 6) is 2.15. The quantitative estimate of drug-likeness (QED) is 0.744. The van der Waals surface area contributed by atoms with Crippen molar-refractivity contribution in [1.29, 1.82) is 0 Å². The van der Waals surface area contributed by atoms with Crippen LogP contribution in [0, 0.1) is 12.3 Å². The van der Waals surface area contributed by atoms with Crippen LogP contribution < -0.4 is 4.72 Å². The van der Waals surface area contributed by atoms with E-state index < -0.39 is 16.1 Å². The van der Waals surface area contributed by atoms with Crippen molar-refractivity contribution in [3.8, 4) is 18.1 Å². The van der Waals surface area contributed by atoms with Crippen molar-refractivity contribution >= 4 is 10.0 Å². The van der Waals surface area contributed by atoms with Crippen LogP contribution in [-0.4, -0.2) is 19.6 Å². The lowest BCUT2D eigenvalue weighted by Crippen LogP contribution is -2.31.